The highest BCUT2D eigenvalue weighted by Crippen LogP contribution is 1.91. The summed E-state index contributed by atoms with van der Waals surface area (Å²) in [7, 11) is 3.91. The Morgan fingerprint density at radius 1 is 1.43 bits per heavy atom. The second kappa shape index (κ2) is 9.01. The maximum Gasteiger partial charge on any atom is 0.0791 e. The second-order valence-corrected chi connectivity index (χ2v) is 3.78. The third-order valence-corrected chi connectivity index (χ3v) is 1.88. The summed E-state index contributed by atoms with van der Waals surface area (Å²) in [6.45, 7) is 2.30. The average Bonchev–Trinajstić information content (AvgIpc) is 2.10. The molecule has 0 fully saturated rings. The van der Waals surface area contributed by atoms with Gasteiger partial charge in [0.2, 0.25) is 0 Å². The van der Waals surface area contributed by atoms with E-state index in [0.717, 1.165) is 25.8 Å². The van der Waals surface area contributed by atoms with Gasteiger partial charge in [-0.15, -0.1) is 12.3 Å². The van der Waals surface area contributed by atoms with Gasteiger partial charge >= 0.3 is 0 Å². The van der Waals surface area contributed by atoms with Crippen molar-refractivity contribution in [2.75, 3.05) is 33.7 Å². The van der Waals surface area contributed by atoms with Crippen molar-refractivity contribution in [3.8, 4) is 12.3 Å². The molecule has 0 spiro atoms. The molecule has 0 bridgehead atoms. The van der Waals surface area contributed by atoms with E-state index in [-0.39, 0.29) is 6.10 Å². The molecule has 82 valence electrons. The SMILES string of the molecule is C#CCCCCNCC(O)CN(C)C. The van der Waals surface area contributed by atoms with Crippen LogP contribution in [-0.2, 0) is 0 Å². The molecule has 3 nitrogen and oxygen atoms in total. The van der Waals surface area contributed by atoms with Crippen LogP contribution in [0, 0.1) is 12.3 Å². The Kier molecular flexibility index (Phi) is 8.65. The van der Waals surface area contributed by atoms with Crippen LogP contribution >= 0.6 is 0 Å². The zero-order valence-corrected chi connectivity index (χ0v) is 9.29. The van der Waals surface area contributed by atoms with Crippen molar-refractivity contribution in [3.63, 3.8) is 0 Å². The first-order valence-electron chi connectivity index (χ1n) is 5.13. The van der Waals surface area contributed by atoms with Crippen molar-refractivity contribution in [1.29, 1.82) is 0 Å². The summed E-state index contributed by atoms with van der Waals surface area (Å²) in [4.78, 5) is 1.98. The molecule has 2 N–H and O–H groups in total. The molecule has 0 aromatic carbocycles. The molecule has 0 aromatic heterocycles. The summed E-state index contributed by atoms with van der Waals surface area (Å²) in [5, 5.41) is 12.7. The van der Waals surface area contributed by atoms with Gasteiger partial charge in [0, 0.05) is 19.5 Å². The Labute approximate surface area is 87.5 Å². The average molecular weight is 198 g/mol. The minimum atomic E-state index is -0.280. The smallest absolute Gasteiger partial charge is 0.0791 e. The van der Waals surface area contributed by atoms with E-state index >= 15 is 0 Å². The lowest BCUT2D eigenvalue weighted by molar-refractivity contribution is 0.135. The molecule has 0 heterocycles. The normalized spacial score (nSPS) is 12.8. The fourth-order valence-electron chi connectivity index (χ4n) is 1.23. The van der Waals surface area contributed by atoms with Crippen LogP contribution in [0.15, 0.2) is 0 Å². The Balaban J connectivity index is 3.15. The summed E-state index contributed by atoms with van der Waals surface area (Å²) < 4.78 is 0. The number of unbranched alkanes of at least 4 members (excludes halogenated alkanes) is 2. The van der Waals surface area contributed by atoms with Crippen LogP contribution in [0.25, 0.3) is 0 Å². The van der Waals surface area contributed by atoms with Gasteiger partial charge in [0.05, 0.1) is 6.10 Å². The van der Waals surface area contributed by atoms with Crippen LogP contribution in [0.1, 0.15) is 19.3 Å². The minimum Gasteiger partial charge on any atom is -0.390 e. The Bertz CT molecular complexity index is 163. The summed E-state index contributed by atoms with van der Waals surface area (Å²) >= 11 is 0. The van der Waals surface area contributed by atoms with Gasteiger partial charge in [0.25, 0.3) is 0 Å². The highest BCUT2D eigenvalue weighted by molar-refractivity contribution is 4.82. The van der Waals surface area contributed by atoms with E-state index in [1.54, 1.807) is 0 Å². The highest BCUT2D eigenvalue weighted by atomic mass is 16.3. The lowest BCUT2D eigenvalue weighted by Crippen LogP contribution is -2.35. The van der Waals surface area contributed by atoms with Gasteiger partial charge in [0.1, 0.15) is 0 Å². The summed E-state index contributed by atoms with van der Waals surface area (Å²) in [6.07, 6.45) is 7.84. The standard InChI is InChI=1S/C11H22N2O/c1-4-5-6-7-8-12-9-11(14)10-13(2)3/h1,11-12,14H,5-10H2,2-3H3. The molecule has 1 atom stereocenters. The van der Waals surface area contributed by atoms with Crippen LogP contribution in [0.3, 0.4) is 0 Å². The fraction of sp³-hybridized carbons (Fsp3) is 0.818. The maximum absolute atomic E-state index is 9.49. The van der Waals surface area contributed by atoms with Gasteiger partial charge in [-0.3, -0.25) is 0 Å². The van der Waals surface area contributed by atoms with E-state index < -0.39 is 0 Å². The monoisotopic (exact) mass is 198 g/mol. The third-order valence-electron chi connectivity index (χ3n) is 1.88. The molecule has 0 radical (unpaired) electrons. The molecular formula is C11H22N2O. The molecule has 0 aliphatic rings. The Morgan fingerprint density at radius 2 is 2.14 bits per heavy atom. The number of likely N-dealkylation sites (N-methyl/N-ethyl adjacent to an activating group) is 1. The van der Waals surface area contributed by atoms with Gasteiger partial charge in [-0.05, 0) is 33.5 Å². The molecule has 0 rings (SSSR count). The number of nitrogens with one attached hydrogen (secondary N) is 1. The van der Waals surface area contributed by atoms with E-state index in [1.807, 2.05) is 19.0 Å². The predicted molar refractivity (Wildman–Crippen MR) is 60.1 cm³/mol. The van der Waals surface area contributed by atoms with Gasteiger partial charge < -0.3 is 15.3 Å². The first kappa shape index (κ1) is 13.4. The number of nitrogens with zero attached hydrogens (tertiary/aromatic N) is 1. The predicted octanol–water partition coefficient (Wildman–Crippen LogP) is 0.302. The van der Waals surface area contributed by atoms with Gasteiger partial charge in [-0.25, -0.2) is 0 Å². The number of aliphatic hydroxyl groups excluding tert-OH is 1. The lowest BCUT2D eigenvalue weighted by Gasteiger charge is -2.16. The number of hydrogen-bond donors (Lipinski definition) is 2. The summed E-state index contributed by atoms with van der Waals surface area (Å²) in [5.74, 6) is 2.61. The van der Waals surface area contributed by atoms with Crippen molar-refractivity contribution < 1.29 is 5.11 Å². The van der Waals surface area contributed by atoms with Crippen LogP contribution in [0.4, 0.5) is 0 Å². The first-order chi connectivity index (χ1) is 6.66. The van der Waals surface area contributed by atoms with Crippen molar-refractivity contribution in [1.82, 2.24) is 10.2 Å². The minimum absolute atomic E-state index is 0.280. The summed E-state index contributed by atoms with van der Waals surface area (Å²) in [5.41, 5.74) is 0. The first-order valence-corrected chi connectivity index (χ1v) is 5.13. The topological polar surface area (TPSA) is 35.5 Å². The molecular weight excluding hydrogens is 176 g/mol. The molecule has 0 saturated heterocycles. The molecule has 1 unspecified atom stereocenters. The zero-order chi connectivity index (χ0) is 10.8. The largest absolute Gasteiger partial charge is 0.390 e. The number of aliphatic hydroxyl groups is 1. The lowest BCUT2D eigenvalue weighted by atomic mass is 10.2. The molecule has 0 amide bonds. The molecule has 3 heteroatoms. The van der Waals surface area contributed by atoms with Crippen molar-refractivity contribution >= 4 is 0 Å². The third kappa shape index (κ3) is 9.53. The van der Waals surface area contributed by atoms with Crippen molar-refractivity contribution in [2.45, 2.75) is 25.4 Å². The number of terminal acetylenes is 1. The number of rotatable bonds is 8. The molecule has 0 aliphatic carbocycles. The van der Waals surface area contributed by atoms with Crippen LogP contribution in [-0.4, -0.2) is 49.8 Å². The van der Waals surface area contributed by atoms with Gasteiger partial charge in [0.15, 0.2) is 0 Å². The summed E-state index contributed by atoms with van der Waals surface area (Å²) in [6, 6.07) is 0. The zero-order valence-electron chi connectivity index (χ0n) is 9.29. The molecule has 0 aliphatic heterocycles. The Hall–Kier alpha value is -0.560. The molecule has 0 aromatic rings. The van der Waals surface area contributed by atoms with E-state index in [0.29, 0.717) is 13.1 Å². The number of hydrogen-bond acceptors (Lipinski definition) is 3. The highest BCUT2D eigenvalue weighted by Gasteiger charge is 2.03. The van der Waals surface area contributed by atoms with Crippen LogP contribution < -0.4 is 5.32 Å². The van der Waals surface area contributed by atoms with E-state index in [1.165, 1.54) is 0 Å². The van der Waals surface area contributed by atoms with Gasteiger partial charge in [-0.1, -0.05) is 0 Å². The van der Waals surface area contributed by atoms with E-state index in [9.17, 15) is 5.11 Å². The van der Waals surface area contributed by atoms with Crippen molar-refractivity contribution in [2.24, 2.45) is 0 Å². The van der Waals surface area contributed by atoms with Crippen LogP contribution in [0.2, 0.25) is 0 Å². The maximum atomic E-state index is 9.49. The quantitative estimate of drug-likeness (QED) is 0.435. The van der Waals surface area contributed by atoms with Gasteiger partial charge in [-0.2, -0.15) is 0 Å². The van der Waals surface area contributed by atoms with Crippen LogP contribution in [0.5, 0.6) is 0 Å². The fourth-order valence-corrected chi connectivity index (χ4v) is 1.23. The van der Waals surface area contributed by atoms with E-state index in [4.69, 9.17) is 6.42 Å². The molecule has 14 heavy (non-hydrogen) atoms. The second-order valence-electron chi connectivity index (χ2n) is 3.78. The molecule has 0 saturated carbocycles. The van der Waals surface area contributed by atoms with E-state index in [2.05, 4.69) is 11.2 Å². The Morgan fingerprint density at radius 3 is 2.71 bits per heavy atom. The van der Waals surface area contributed by atoms with Crippen molar-refractivity contribution in [3.05, 3.63) is 0 Å².